The van der Waals surface area contributed by atoms with E-state index in [1.165, 1.54) is 6.08 Å². The van der Waals surface area contributed by atoms with E-state index in [4.69, 9.17) is 0 Å². The van der Waals surface area contributed by atoms with E-state index in [-0.39, 0.29) is 29.6 Å². The van der Waals surface area contributed by atoms with Crippen LogP contribution in [0.15, 0.2) is 11.5 Å². The normalized spacial score (nSPS) is 13.4. The fourth-order valence-corrected chi connectivity index (χ4v) is 0.333. The van der Waals surface area contributed by atoms with E-state index in [0.717, 1.165) is 5.41 Å². The third kappa shape index (κ3) is 10.9. The molecule has 0 fully saturated rings. The summed E-state index contributed by atoms with van der Waals surface area (Å²) in [6.07, 6.45) is 1.46. The van der Waals surface area contributed by atoms with E-state index < -0.39 is 11.1 Å². The Morgan fingerprint density at radius 3 is 2.14 bits per heavy atom. The van der Waals surface area contributed by atoms with Crippen LogP contribution in [0.4, 0.5) is 0 Å². The van der Waals surface area contributed by atoms with Gasteiger partial charge in [0.15, 0.2) is 0 Å². The summed E-state index contributed by atoms with van der Waals surface area (Å²) in [6.45, 7) is 1.65. The molecule has 36 valence electrons. The summed E-state index contributed by atoms with van der Waals surface area (Å²) in [6, 6.07) is 0. The Morgan fingerprint density at radius 2 is 2.14 bits per heavy atom. The van der Waals surface area contributed by atoms with Gasteiger partial charge in [0.1, 0.15) is 0 Å². The summed E-state index contributed by atoms with van der Waals surface area (Å²) in [5.74, 6) is 0. The number of hydrogen-bond acceptors (Lipinski definition) is 2. The molecule has 0 N–H and O–H groups in total. The van der Waals surface area contributed by atoms with Crippen molar-refractivity contribution in [3.8, 4) is 0 Å². The van der Waals surface area contributed by atoms with Gasteiger partial charge >= 0.3 is 29.6 Å². The van der Waals surface area contributed by atoms with Crippen molar-refractivity contribution < 1.29 is 38.3 Å². The van der Waals surface area contributed by atoms with Gasteiger partial charge < -0.3 is 4.55 Å². The average molecular weight is 128 g/mol. The molecule has 7 heavy (non-hydrogen) atoms. The largest absolute Gasteiger partial charge is 1.00 e. The molecule has 0 bridgehead atoms. The first-order valence-electron chi connectivity index (χ1n) is 1.48. The summed E-state index contributed by atoms with van der Waals surface area (Å²) in [5, 5.41) is 1.08. The zero-order chi connectivity index (χ0) is 4.99. The van der Waals surface area contributed by atoms with Crippen LogP contribution in [0.5, 0.6) is 0 Å². The van der Waals surface area contributed by atoms with Crippen molar-refractivity contribution in [2.45, 2.75) is 6.92 Å². The van der Waals surface area contributed by atoms with Crippen LogP contribution in [0.25, 0.3) is 0 Å². The van der Waals surface area contributed by atoms with Gasteiger partial charge in [0.25, 0.3) is 0 Å². The molecule has 1 atom stereocenters. The van der Waals surface area contributed by atoms with E-state index in [0.29, 0.717) is 0 Å². The summed E-state index contributed by atoms with van der Waals surface area (Å²) < 4.78 is 19.0. The van der Waals surface area contributed by atoms with Crippen LogP contribution in [0, 0.1) is 0 Å². The van der Waals surface area contributed by atoms with Crippen molar-refractivity contribution in [2.24, 2.45) is 0 Å². The number of rotatable bonds is 1. The smallest absolute Gasteiger partial charge is 0.769 e. The van der Waals surface area contributed by atoms with Crippen LogP contribution in [0.3, 0.4) is 0 Å². The van der Waals surface area contributed by atoms with E-state index >= 15 is 0 Å². The minimum atomic E-state index is -2.00. The molecule has 2 nitrogen and oxygen atoms in total. The third-order valence-corrected chi connectivity index (χ3v) is 0.742. The van der Waals surface area contributed by atoms with E-state index in [9.17, 15) is 8.76 Å². The second-order valence-corrected chi connectivity index (χ2v) is 1.52. The predicted octanol–water partition coefficient (Wildman–Crippen LogP) is -2.60. The second kappa shape index (κ2) is 6.85. The maximum absolute atomic E-state index is 9.51. The standard InChI is InChI=1S/C3H6O2S.Na/c1-2-3-6(4)5;/h2-3H,1H3,(H,4,5);/q;+1/p-1/b3-2+;. The Hall–Kier alpha value is 0.850. The fourth-order valence-electron chi connectivity index (χ4n) is 0.111. The van der Waals surface area contributed by atoms with Gasteiger partial charge in [-0.3, -0.25) is 4.21 Å². The molecule has 0 aromatic heterocycles. The molecule has 0 heterocycles. The molecule has 1 unspecified atom stereocenters. The Bertz CT molecular complexity index is 81.0. The minimum Gasteiger partial charge on any atom is -0.769 e. The monoisotopic (exact) mass is 128 g/mol. The molecule has 0 aliphatic carbocycles. The van der Waals surface area contributed by atoms with Crippen LogP contribution < -0.4 is 29.6 Å². The van der Waals surface area contributed by atoms with E-state index in [1.54, 1.807) is 6.92 Å². The first kappa shape index (κ1) is 10.8. The zero-order valence-electron chi connectivity index (χ0n) is 4.38. The van der Waals surface area contributed by atoms with E-state index in [1.807, 2.05) is 0 Å². The van der Waals surface area contributed by atoms with Crippen molar-refractivity contribution >= 4 is 11.1 Å². The van der Waals surface area contributed by atoms with Crippen LogP contribution in [-0.4, -0.2) is 8.76 Å². The molecule has 0 aromatic rings. The van der Waals surface area contributed by atoms with Gasteiger partial charge in [-0.25, -0.2) is 0 Å². The van der Waals surface area contributed by atoms with Crippen LogP contribution in [-0.2, 0) is 11.1 Å². The average Bonchev–Trinajstić information content (AvgIpc) is 1.35. The van der Waals surface area contributed by atoms with Gasteiger partial charge in [0.2, 0.25) is 0 Å². The molecule has 0 radical (unpaired) electrons. The van der Waals surface area contributed by atoms with Crippen LogP contribution in [0.1, 0.15) is 6.92 Å². The molecule has 0 saturated heterocycles. The molecule has 0 aliphatic rings. The molecule has 0 amide bonds. The molecule has 0 aliphatic heterocycles. The number of allylic oxidation sites excluding steroid dienone is 1. The molecular weight excluding hydrogens is 123 g/mol. The topological polar surface area (TPSA) is 40.1 Å². The van der Waals surface area contributed by atoms with Gasteiger partial charge in [-0.15, -0.1) is 0 Å². The van der Waals surface area contributed by atoms with Crippen molar-refractivity contribution in [3.05, 3.63) is 11.5 Å². The summed E-state index contributed by atoms with van der Waals surface area (Å²) in [7, 11) is 0. The van der Waals surface area contributed by atoms with Gasteiger partial charge in [0.05, 0.1) is 0 Å². The zero-order valence-corrected chi connectivity index (χ0v) is 7.20. The first-order valence-corrected chi connectivity index (χ1v) is 2.62. The second-order valence-electron chi connectivity index (χ2n) is 0.730. The fraction of sp³-hybridized carbons (Fsp3) is 0.333. The maximum Gasteiger partial charge on any atom is 1.00 e. The Morgan fingerprint density at radius 1 is 1.71 bits per heavy atom. The van der Waals surface area contributed by atoms with Gasteiger partial charge in [-0.1, -0.05) is 6.08 Å². The maximum atomic E-state index is 9.51. The molecule has 0 rings (SSSR count). The van der Waals surface area contributed by atoms with E-state index in [2.05, 4.69) is 0 Å². The quantitative estimate of drug-likeness (QED) is 0.287. The van der Waals surface area contributed by atoms with Gasteiger partial charge in [-0.2, -0.15) is 0 Å². The summed E-state index contributed by atoms with van der Waals surface area (Å²) in [5.41, 5.74) is 0. The summed E-state index contributed by atoms with van der Waals surface area (Å²) >= 11 is -2.00. The Labute approximate surface area is 67.6 Å². The molecular formula is C3H5NaO2S. The minimum absolute atomic E-state index is 0. The molecule has 4 heteroatoms. The molecule has 0 spiro atoms. The summed E-state index contributed by atoms with van der Waals surface area (Å²) in [4.78, 5) is 0. The SMILES string of the molecule is C/C=C/S(=O)[O-].[Na+]. The molecule has 0 saturated carbocycles. The van der Waals surface area contributed by atoms with Crippen molar-refractivity contribution in [1.29, 1.82) is 0 Å². The molecule has 0 aromatic carbocycles. The number of hydrogen-bond donors (Lipinski definition) is 0. The Balaban J connectivity index is 0. The van der Waals surface area contributed by atoms with Crippen molar-refractivity contribution in [1.82, 2.24) is 0 Å². The predicted molar refractivity (Wildman–Crippen MR) is 23.7 cm³/mol. The first-order chi connectivity index (χ1) is 2.77. The van der Waals surface area contributed by atoms with Crippen molar-refractivity contribution in [2.75, 3.05) is 0 Å². The third-order valence-electron chi connectivity index (χ3n) is 0.247. The van der Waals surface area contributed by atoms with Crippen LogP contribution >= 0.6 is 0 Å². The van der Waals surface area contributed by atoms with Crippen LogP contribution in [0.2, 0.25) is 0 Å². The van der Waals surface area contributed by atoms with Crippen molar-refractivity contribution in [3.63, 3.8) is 0 Å². The Kier molecular flexibility index (Phi) is 10.5. The van der Waals surface area contributed by atoms with Gasteiger partial charge in [0, 0.05) is 0 Å². The van der Waals surface area contributed by atoms with Gasteiger partial charge in [-0.05, 0) is 23.4 Å².